The number of carbonyl (C=O) groups excluding carboxylic acids is 1. The Morgan fingerprint density at radius 1 is 0.850 bits per heavy atom. The molecule has 2 fully saturated rings. The highest BCUT2D eigenvalue weighted by Crippen LogP contribution is 2.35. The van der Waals surface area contributed by atoms with Crippen LogP contribution in [0.15, 0.2) is 78.9 Å². The molecule has 2 heterocycles. The number of hydrogen-bond donors (Lipinski definition) is 2. The van der Waals surface area contributed by atoms with Gasteiger partial charge in [0.2, 0.25) is 0 Å². The molecule has 0 spiro atoms. The molecule has 3 aromatic rings. The summed E-state index contributed by atoms with van der Waals surface area (Å²) in [5, 5.41) is 19.6. The molecule has 210 valence electrons. The monoisotopic (exact) mass is 541 g/mol. The molecule has 40 heavy (non-hydrogen) atoms. The highest BCUT2D eigenvalue weighted by atomic mass is 16.4. The zero-order valence-corrected chi connectivity index (χ0v) is 23.3. The predicted molar refractivity (Wildman–Crippen MR) is 155 cm³/mol. The molecular weight excluding hydrogens is 502 g/mol. The molecule has 0 aliphatic carbocycles. The molecule has 7 heteroatoms. The first-order valence-electron chi connectivity index (χ1n) is 14.2. The number of likely N-dealkylation sites (tertiary alicyclic amines) is 1. The van der Waals surface area contributed by atoms with Crippen molar-refractivity contribution in [2.45, 2.75) is 51.4 Å². The van der Waals surface area contributed by atoms with Crippen LogP contribution in [-0.4, -0.2) is 75.1 Å². The van der Waals surface area contributed by atoms with Crippen molar-refractivity contribution in [3.63, 3.8) is 0 Å². The maximum Gasteiger partial charge on any atom is 0.306 e. The van der Waals surface area contributed by atoms with E-state index in [-0.39, 0.29) is 29.7 Å². The fraction of sp³-hybridized carbons (Fsp3) is 0.394. The number of piperazine rings is 1. The minimum absolute atomic E-state index is 0.0548. The molecule has 2 aliphatic rings. The predicted octanol–water partition coefficient (Wildman–Crippen LogP) is 5.01. The number of aliphatic carboxylic acids is 1. The number of phenolic OH excluding ortho intramolecular Hbond substituents is 1. The van der Waals surface area contributed by atoms with Gasteiger partial charge in [0.1, 0.15) is 5.75 Å². The van der Waals surface area contributed by atoms with Crippen LogP contribution in [0.2, 0.25) is 0 Å². The molecule has 3 aromatic carbocycles. The van der Waals surface area contributed by atoms with Crippen LogP contribution in [0.25, 0.3) is 0 Å². The number of aromatic hydroxyl groups is 1. The second-order valence-corrected chi connectivity index (χ2v) is 11.3. The number of amides is 1. The normalized spacial score (nSPS) is 21.7. The Morgan fingerprint density at radius 2 is 1.55 bits per heavy atom. The van der Waals surface area contributed by atoms with Crippen molar-refractivity contribution < 1.29 is 19.8 Å². The Morgan fingerprint density at radius 3 is 2.20 bits per heavy atom. The summed E-state index contributed by atoms with van der Waals surface area (Å²) in [4.78, 5) is 31.3. The molecule has 0 bridgehead atoms. The van der Waals surface area contributed by atoms with Crippen LogP contribution in [0.4, 0.5) is 0 Å². The van der Waals surface area contributed by atoms with Crippen molar-refractivity contribution in [2.24, 2.45) is 5.92 Å². The second-order valence-electron chi connectivity index (χ2n) is 11.3. The van der Waals surface area contributed by atoms with Gasteiger partial charge in [-0.15, -0.1) is 0 Å². The largest absolute Gasteiger partial charge is 0.508 e. The molecule has 2 aliphatic heterocycles. The summed E-state index contributed by atoms with van der Waals surface area (Å²) in [7, 11) is 0. The van der Waals surface area contributed by atoms with E-state index < -0.39 is 5.97 Å². The molecular formula is C33H39N3O4. The van der Waals surface area contributed by atoms with Crippen molar-refractivity contribution in [1.29, 1.82) is 0 Å². The maximum absolute atomic E-state index is 13.2. The SMILES string of the molecule is C[C@@H]1CN([C@H](c2ccc(C(=O)N3CCC(C(=O)O)CC3)cc2)c2cccc(O)c2)[C@@H](C)CN1Cc1ccccc1. The average Bonchev–Trinajstić information content (AvgIpc) is 2.96. The fourth-order valence-electron chi connectivity index (χ4n) is 6.21. The maximum atomic E-state index is 13.2. The molecule has 2 saturated heterocycles. The van der Waals surface area contributed by atoms with E-state index in [1.807, 2.05) is 42.5 Å². The lowest BCUT2D eigenvalue weighted by Crippen LogP contribution is -2.56. The van der Waals surface area contributed by atoms with Crippen molar-refractivity contribution in [3.05, 3.63) is 101 Å². The minimum atomic E-state index is -0.779. The molecule has 0 aromatic heterocycles. The molecule has 1 amide bonds. The highest BCUT2D eigenvalue weighted by molar-refractivity contribution is 5.94. The summed E-state index contributed by atoms with van der Waals surface area (Å²) in [6.45, 7) is 8.17. The molecule has 2 N–H and O–H groups in total. The number of piperidine rings is 1. The van der Waals surface area contributed by atoms with E-state index in [2.05, 4.69) is 54.0 Å². The Hall–Kier alpha value is -3.68. The van der Waals surface area contributed by atoms with Gasteiger partial charge in [-0.25, -0.2) is 0 Å². The molecule has 0 radical (unpaired) electrons. The zero-order chi connectivity index (χ0) is 28.2. The minimum Gasteiger partial charge on any atom is -0.508 e. The van der Waals surface area contributed by atoms with Gasteiger partial charge in [-0.2, -0.15) is 0 Å². The van der Waals surface area contributed by atoms with Crippen molar-refractivity contribution >= 4 is 11.9 Å². The van der Waals surface area contributed by atoms with E-state index in [1.165, 1.54) is 5.56 Å². The Kier molecular flexibility index (Phi) is 8.52. The molecule has 0 saturated carbocycles. The number of phenols is 1. The quantitative estimate of drug-likeness (QED) is 0.437. The summed E-state index contributed by atoms with van der Waals surface area (Å²) in [5.74, 6) is -0.964. The van der Waals surface area contributed by atoms with E-state index in [1.54, 1.807) is 11.0 Å². The van der Waals surface area contributed by atoms with Gasteiger partial charge in [0.15, 0.2) is 0 Å². The lowest BCUT2D eigenvalue weighted by Gasteiger charge is -2.47. The van der Waals surface area contributed by atoms with Crippen molar-refractivity contribution in [3.8, 4) is 5.75 Å². The third-order valence-corrected chi connectivity index (χ3v) is 8.51. The number of carbonyl (C=O) groups is 2. The van der Waals surface area contributed by atoms with Crippen LogP contribution in [0.5, 0.6) is 5.75 Å². The van der Waals surface area contributed by atoms with Crippen LogP contribution in [-0.2, 0) is 11.3 Å². The first kappa shape index (κ1) is 27.9. The lowest BCUT2D eigenvalue weighted by molar-refractivity contribution is -0.143. The number of benzene rings is 3. The van der Waals surface area contributed by atoms with Crippen LogP contribution in [0, 0.1) is 5.92 Å². The highest BCUT2D eigenvalue weighted by Gasteiger charge is 2.35. The van der Waals surface area contributed by atoms with Gasteiger partial charge in [-0.3, -0.25) is 19.4 Å². The molecule has 3 atom stereocenters. The average molecular weight is 542 g/mol. The zero-order valence-electron chi connectivity index (χ0n) is 23.3. The van der Waals surface area contributed by atoms with E-state index in [0.717, 1.165) is 30.8 Å². The van der Waals surface area contributed by atoms with Gasteiger partial charge in [-0.05, 0) is 67.6 Å². The van der Waals surface area contributed by atoms with Gasteiger partial charge < -0.3 is 15.1 Å². The summed E-state index contributed by atoms with van der Waals surface area (Å²) in [6, 6.07) is 26.4. The third-order valence-electron chi connectivity index (χ3n) is 8.51. The van der Waals surface area contributed by atoms with Gasteiger partial charge in [-0.1, -0.05) is 54.6 Å². The number of hydrogen-bond acceptors (Lipinski definition) is 5. The molecule has 0 unspecified atom stereocenters. The summed E-state index contributed by atoms with van der Waals surface area (Å²) in [5.41, 5.74) is 4.01. The third kappa shape index (κ3) is 6.21. The van der Waals surface area contributed by atoms with E-state index in [9.17, 15) is 19.8 Å². The number of carboxylic acids is 1. The second kappa shape index (κ2) is 12.2. The van der Waals surface area contributed by atoms with Crippen molar-refractivity contribution in [1.82, 2.24) is 14.7 Å². The van der Waals surface area contributed by atoms with Crippen LogP contribution < -0.4 is 0 Å². The smallest absolute Gasteiger partial charge is 0.306 e. The first-order chi connectivity index (χ1) is 19.3. The van der Waals surface area contributed by atoms with Gasteiger partial charge in [0, 0.05) is 50.4 Å². The van der Waals surface area contributed by atoms with E-state index >= 15 is 0 Å². The number of nitrogens with zero attached hydrogens (tertiary/aromatic N) is 3. The molecule has 7 nitrogen and oxygen atoms in total. The first-order valence-corrected chi connectivity index (χ1v) is 14.2. The summed E-state index contributed by atoms with van der Waals surface area (Å²) >= 11 is 0. The van der Waals surface area contributed by atoms with Gasteiger partial charge in [0.25, 0.3) is 5.91 Å². The van der Waals surface area contributed by atoms with Gasteiger partial charge in [0.05, 0.1) is 12.0 Å². The van der Waals surface area contributed by atoms with E-state index in [4.69, 9.17) is 0 Å². The summed E-state index contributed by atoms with van der Waals surface area (Å²) < 4.78 is 0. The lowest BCUT2D eigenvalue weighted by atomic mass is 9.92. The fourth-order valence-corrected chi connectivity index (χ4v) is 6.21. The Labute approximate surface area is 236 Å². The van der Waals surface area contributed by atoms with Crippen LogP contribution in [0.1, 0.15) is 59.8 Å². The number of carboxylic acid groups (broad SMARTS) is 1. The van der Waals surface area contributed by atoms with Crippen molar-refractivity contribution in [2.75, 3.05) is 26.2 Å². The Balaban J connectivity index is 1.36. The van der Waals surface area contributed by atoms with Crippen LogP contribution >= 0.6 is 0 Å². The standard InChI is InChI=1S/C33H39N3O4/c1-23-21-36(24(2)20-35(23)22-25-7-4-3-5-8-25)31(29-9-6-10-30(37)19-29)26-11-13-27(14-12-26)32(38)34-17-15-28(16-18-34)33(39)40/h3-14,19,23-24,28,31,37H,15-18,20-22H2,1-2H3,(H,39,40)/t23-,24+,31-/m1/s1. The van der Waals surface area contributed by atoms with Gasteiger partial charge >= 0.3 is 5.97 Å². The summed E-state index contributed by atoms with van der Waals surface area (Å²) in [6.07, 6.45) is 0.982. The number of rotatable bonds is 7. The van der Waals surface area contributed by atoms with Crippen LogP contribution in [0.3, 0.4) is 0 Å². The topological polar surface area (TPSA) is 84.3 Å². The Bertz CT molecular complexity index is 1300. The van der Waals surface area contributed by atoms with E-state index in [0.29, 0.717) is 37.5 Å². The molecule has 5 rings (SSSR count).